The van der Waals surface area contributed by atoms with Gasteiger partial charge in [-0.25, -0.2) is 4.39 Å². The van der Waals surface area contributed by atoms with Crippen LogP contribution in [0.3, 0.4) is 0 Å². The molecule has 0 amide bonds. The molecule has 0 saturated heterocycles. The first-order chi connectivity index (χ1) is 10.3. The van der Waals surface area contributed by atoms with E-state index in [2.05, 4.69) is 10.3 Å². The summed E-state index contributed by atoms with van der Waals surface area (Å²) in [5.41, 5.74) is 2.02. The van der Waals surface area contributed by atoms with Crippen molar-refractivity contribution in [1.82, 2.24) is 5.32 Å². The van der Waals surface area contributed by atoms with Gasteiger partial charge >= 0.3 is 0 Å². The molecule has 4 heteroatoms. The molecule has 3 rings (SSSR count). The van der Waals surface area contributed by atoms with Crippen molar-refractivity contribution in [1.29, 1.82) is 0 Å². The van der Waals surface area contributed by atoms with E-state index in [1.165, 1.54) is 12.1 Å². The van der Waals surface area contributed by atoms with Gasteiger partial charge in [0.2, 0.25) is 0 Å². The molecule has 0 saturated carbocycles. The Balaban J connectivity index is 1.61. The molecule has 0 fully saturated rings. The first-order valence-electron chi connectivity index (χ1n) is 7.07. The summed E-state index contributed by atoms with van der Waals surface area (Å²) in [6.07, 6.45) is 1.09. The van der Waals surface area contributed by atoms with E-state index < -0.39 is 0 Å². The number of hydrogen-bond acceptors (Lipinski definition) is 3. The van der Waals surface area contributed by atoms with Crippen LogP contribution in [0.4, 0.5) is 4.39 Å². The van der Waals surface area contributed by atoms with Crippen molar-refractivity contribution in [3.63, 3.8) is 0 Å². The molecular formula is C17H17FN2O. The van der Waals surface area contributed by atoms with E-state index in [4.69, 9.17) is 4.74 Å². The predicted molar refractivity (Wildman–Crippen MR) is 81.2 cm³/mol. The Bertz CT molecular complexity index is 620. The van der Waals surface area contributed by atoms with Gasteiger partial charge in [-0.05, 0) is 48.4 Å². The van der Waals surface area contributed by atoms with E-state index in [9.17, 15) is 4.39 Å². The van der Waals surface area contributed by atoms with Crippen molar-refractivity contribution in [2.45, 2.75) is 13.0 Å². The second kappa shape index (κ2) is 6.39. The second-order valence-electron chi connectivity index (χ2n) is 4.95. The number of aliphatic imine (C=N–C) groups is 1. The maximum Gasteiger partial charge on any atom is 0.128 e. The van der Waals surface area contributed by atoms with Crippen LogP contribution in [0.25, 0.3) is 0 Å². The first kappa shape index (κ1) is 13.6. The number of amidine groups is 1. The molecule has 0 unspecified atom stereocenters. The van der Waals surface area contributed by atoms with Gasteiger partial charge in [0.05, 0.1) is 0 Å². The predicted octanol–water partition coefficient (Wildman–Crippen LogP) is 3.14. The minimum Gasteiger partial charge on any atom is -0.489 e. The highest BCUT2D eigenvalue weighted by molar-refractivity contribution is 5.99. The van der Waals surface area contributed by atoms with Crippen molar-refractivity contribution in [3.05, 3.63) is 65.5 Å². The van der Waals surface area contributed by atoms with Crippen molar-refractivity contribution >= 4 is 5.84 Å². The van der Waals surface area contributed by atoms with E-state index in [-0.39, 0.29) is 5.82 Å². The number of nitrogens with zero attached hydrogens (tertiary/aromatic N) is 1. The van der Waals surface area contributed by atoms with Gasteiger partial charge in [0.15, 0.2) is 0 Å². The highest BCUT2D eigenvalue weighted by Gasteiger charge is 2.06. The van der Waals surface area contributed by atoms with Crippen molar-refractivity contribution in [2.75, 3.05) is 13.1 Å². The quantitative estimate of drug-likeness (QED) is 0.935. The molecule has 0 aliphatic carbocycles. The summed E-state index contributed by atoms with van der Waals surface area (Å²) >= 11 is 0. The summed E-state index contributed by atoms with van der Waals surface area (Å²) in [7, 11) is 0. The molecule has 0 aromatic heterocycles. The van der Waals surface area contributed by atoms with Crippen LogP contribution in [0.2, 0.25) is 0 Å². The van der Waals surface area contributed by atoms with Crippen molar-refractivity contribution in [3.8, 4) is 5.75 Å². The Morgan fingerprint density at radius 3 is 2.48 bits per heavy atom. The Labute approximate surface area is 123 Å². The zero-order valence-electron chi connectivity index (χ0n) is 11.7. The Hall–Kier alpha value is -2.36. The lowest BCUT2D eigenvalue weighted by atomic mass is 10.1. The fraction of sp³-hybridized carbons (Fsp3) is 0.235. The SMILES string of the molecule is Fc1ccc(COc2ccc(C3=NCCCN3)cc2)cc1. The third-order valence-corrected chi connectivity index (χ3v) is 3.34. The standard InChI is InChI=1S/C17H17FN2O/c18-15-6-2-13(3-7-15)12-21-16-8-4-14(5-9-16)17-19-10-1-11-20-17/h2-9H,1,10-12H2,(H,19,20). The summed E-state index contributed by atoms with van der Waals surface area (Å²) in [6.45, 7) is 2.28. The van der Waals surface area contributed by atoms with E-state index in [0.717, 1.165) is 42.2 Å². The average molecular weight is 284 g/mol. The lowest BCUT2D eigenvalue weighted by molar-refractivity contribution is 0.306. The smallest absolute Gasteiger partial charge is 0.128 e. The van der Waals surface area contributed by atoms with E-state index >= 15 is 0 Å². The van der Waals surface area contributed by atoms with Gasteiger partial charge < -0.3 is 10.1 Å². The summed E-state index contributed by atoms with van der Waals surface area (Å²) < 4.78 is 18.5. The highest BCUT2D eigenvalue weighted by atomic mass is 19.1. The molecule has 21 heavy (non-hydrogen) atoms. The maximum atomic E-state index is 12.8. The number of hydrogen-bond donors (Lipinski definition) is 1. The minimum absolute atomic E-state index is 0.233. The summed E-state index contributed by atoms with van der Waals surface area (Å²) in [5.74, 6) is 1.51. The Kier molecular flexibility index (Phi) is 4.15. The molecule has 0 spiro atoms. The van der Waals surface area contributed by atoms with E-state index in [1.807, 2.05) is 24.3 Å². The molecule has 1 aliphatic heterocycles. The number of rotatable bonds is 4. The molecule has 2 aromatic rings. The summed E-state index contributed by atoms with van der Waals surface area (Å²) in [6, 6.07) is 14.2. The molecule has 0 radical (unpaired) electrons. The Morgan fingerprint density at radius 1 is 1.05 bits per heavy atom. The normalized spacial score (nSPS) is 14.2. The van der Waals surface area contributed by atoms with Crippen LogP contribution < -0.4 is 10.1 Å². The third kappa shape index (κ3) is 3.60. The lowest BCUT2D eigenvalue weighted by Gasteiger charge is -2.15. The number of halogens is 1. The highest BCUT2D eigenvalue weighted by Crippen LogP contribution is 2.15. The molecule has 3 nitrogen and oxygen atoms in total. The zero-order valence-corrected chi connectivity index (χ0v) is 11.7. The number of nitrogens with one attached hydrogen (secondary N) is 1. The van der Waals surface area contributed by atoms with Crippen LogP contribution in [0, 0.1) is 5.82 Å². The minimum atomic E-state index is -0.233. The van der Waals surface area contributed by atoms with Crippen LogP contribution in [0.5, 0.6) is 5.75 Å². The van der Waals surface area contributed by atoms with Crippen LogP contribution in [0.15, 0.2) is 53.5 Å². The van der Waals surface area contributed by atoms with Crippen LogP contribution in [0.1, 0.15) is 17.5 Å². The zero-order chi connectivity index (χ0) is 14.5. The molecule has 108 valence electrons. The number of benzene rings is 2. The molecular weight excluding hydrogens is 267 g/mol. The fourth-order valence-corrected chi connectivity index (χ4v) is 2.18. The molecule has 0 atom stereocenters. The second-order valence-corrected chi connectivity index (χ2v) is 4.95. The molecule has 2 aromatic carbocycles. The largest absolute Gasteiger partial charge is 0.489 e. The summed E-state index contributed by atoms with van der Waals surface area (Å²) in [5, 5.41) is 3.29. The van der Waals surface area contributed by atoms with Crippen molar-refractivity contribution in [2.24, 2.45) is 4.99 Å². The van der Waals surface area contributed by atoms with Gasteiger partial charge in [-0.2, -0.15) is 0 Å². The van der Waals surface area contributed by atoms with Crippen LogP contribution in [-0.4, -0.2) is 18.9 Å². The molecule has 1 aliphatic rings. The van der Waals surface area contributed by atoms with Crippen LogP contribution in [-0.2, 0) is 6.61 Å². The van der Waals surface area contributed by atoms with Gasteiger partial charge in [0, 0.05) is 18.7 Å². The van der Waals surface area contributed by atoms with E-state index in [1.54, 1.807) is 12.1 Å². The van der Waals surface area contributed by atoms with Crippen LogP contribution >= 0.6 is 0 Å². The Morgan fingerprint density at radius 2 is 1.81 bits per heavy atom. The maximum absolute atomic E-state index is 12.8. The van der Waals surface area contributed by atoms with Gasteiger partial charge in [0.25, 0.3) is 0 Å². The monoisotopic (exact) mass is 284 g/mol. The number of ether oxygens (including phenoxy) is 1. The first-order valence-corrected chi connectivity index (χ1v) is 7.07. The van der Waals surface area contributed by atoms with Gasteiger partial charge in [-0.15, -0.1) is 0 Å². The van der Waals surface area contributed by atoms with Gasteiger partial charge in [-0.1, -0.05) is 12.1 Å². The van der Waals surface area contributed by atoms with Crippen molar-refractivity contribution < 1.29 is 9.13 Å². The average Bonchev–Trinajstić information content (AvgIpc) is 2.56. The molecule has 0 bridgehead atoms. The molecule has 1 N–H and O–H groups in total. The topological polar surface area (TPSA) is 33.6 Å². The summed E-state index contributed by atoms with van der Waals surface area (Å²) in [4.78, 5) is 4.46. The van der Waals surface area contributed by atoms with Gasteiger partial charge in [0.1, 0.15) is 24.0 Å². The van der Waals surface area contributed by atoms with E-state index in [0.29, 0.717) is 6.61 Å². The molecule has 1 heterocycles. The van der Waals surface area contributed by atoms with Gasteiger partial charge in [-0.3, -0.25) is 4.99 Å². The fourth-order valence-electron chi connectivity index (χ4n) is 2.18. The lowest BCUT2D eigenvalue weighted by Crippen LogP contribution is -2.30. The third-order valence-electron chi connectivity index (χ3n) is 3.34.